The molecule has 1 aliphatic heterocycles. The van der Waals surface area contributed by atoms with Gasteiger partial charge in [0.1, 0.15) is 0 Å². The van der Waals surface area contributed by atoms with E-state index in [4.69, 9.17) is 22.1 Å². The second-order valence-electron chi connectivity index (χ2n) is 5.48. The van der Waals surface area contributed by atoms with Crippen LogP contribution in [0.3, 0.4) is 0 Å². The fourth-order valence-electron chi connectivity index (χ4n) is 2.62. The highest BCUT2D eigenvalue weighted by molar-refractivity contribution is 6.34. The lowest BCUT2D eigenvalue weighted by Crippen LogP contribution is -2.23. The Morgan fingerprint density at radius 2 is 2.00 bits per heavy atom. The van der Waals surface area contributed by atoms with Gasteiger partial charge in [-0.2, -0.15) is 0 Å². The summed E-state index contributed by atoms with van der Waals surface area (Å²) >= 11 is 6.32. The maximum atomic E-state index is 12.1. The van der Waals surface area contributed by atoms with Crippen LogP contribution in [0.25, 0.3) is 0 Å². The number of rotatable bonds is 3. The molecule has 1 aromatic carbocycles. The van der Waals surface area contributed by atoms with Gasteiger partial charge in [-0.05, 0) is 30.9 Å². The molecule has 1 aliphatic rings. The fraction of sp³-hybridized carbons (Fsp3) is 0.533. The molecule has 1 aromatic rings. The lowest BCUT2D eigenvalue weighted by molar-refractivity contribution is 0.0527. The normalized spacial score (nSPS) is 22.1. The summed E-state index contributed by atoms with van der Waals surface area (Å²) in [5, 5.41) is 0.509. The number of carbonyl (C=O) groups is 1. The van der Waals surface area contributed by atoms with E-state index in [9.17, 15) is 4.79 Å². The summed E-state index contributed by atoms with van der Waals surface area (Å²) in [7, 11) is 0. The third kappa shape index (κ3) is 2.85. The molecule has 1 fully saturated rings. The van der Waals surface area contributed by atoms with Crippen LogP contribution in [0, 0.1) is 11.8 Å². The van der Waals surface area contributed by atoms with E-state index < -0.39 is 0 Å². The first-order chi connectivity index (χ1) is 9.43. The molecule has 0 radical (unpaired) electrons. The topological polar surface area (TPSA) is 55.6 Å². The smallest absolute Gasteiger partial charge is 0.340 e. The van der Waals surface area contributed by atoms with Crippen molar-refractivity contribution in [2.24, 2.45) is 11.8 Å². The number of nitrogen functional groups attached to an aromatic ring is 1. The van der Waals surface area contributed by atoms with Crippen molar-refractivity contribution in [3.05, 3.63) is 22.7 Å². The predicted octanol–water partition coefficient (Wildman–Crippen LogP) is 3.19. The van der Waals surface area contributed by atoms with Gasteiger partial charge in [-0.15, -0.1) is 0 Å². The third-order valence-corrected chi connectivity index (χ3v) is 4.17. The minimum atomic E-state index is -0.371. The summed E-state index contributed by atoms with van der Waals surface area (Å²) in [4.78, 5) is 14.3. The van der Waals surface area contributed by atoms with Crippen LogP contribution in [-0.2, 0) is 4.74 Å². The molecular formula is C15H21ClN2O2. The average Bonchev–Trinajstić information content (AvgIpc) is 2.68. The van der Waals surface area contributed by atoms with Crippen molar-refractivity contribution < 1.29 is 9.53 Å². The van der Waals surface area contributed by atoms with Crippen LogP contribution in [0.2, 0.25) is 5.02 Å². The Labute approximate surface area is 124 Å². The van der Waals surface area contributed by atoms with Crippen molar-refractivity contribution in [1.82, 2.24) is 0 Å². The lowest BCUT2D eigenvalue weighted by Gasteiger charge is -2.23. The van der Waals surface area contributed by atoms with Gasteiger partial charge in [0.05, 0.1) is 22.9 Å². The van der Waals surface area contributed by atoms with E-state index >= 15 is 0 Å². The van der Waals surface area contributed by atoms with Gasteiger partial charge >= 0.3 is 5.97 Å². The first-order valence-corrected chi connectivity index (χ1v) is 7.32. The Bertz CT molecular complexity index is 509. The highest BCUT2D eigenvalue weighted by atomic mass is 35.5. The van der Waals surface area contributed by atoms with Crippen molar-refractivity contribution in [1.29, 1.82) is 0 Å². The molecule has 1 saturated heterocycles. The molecular weight excluding hydrogens is 276 g/mol. The fourth-order valence-corrected chi connectivity index (χ4v) is 2.97. The van der Waals surface area contributed by atoms with E-state index in [0.717, 1.165) is 18.8 Å². The van der Waals surface area contributed by atoms with Crippen molar-refractivity contribution >= 4 is 28.9 Å². The number of esters is 1. The third-order valence-electron chi connectivity index (χ3n) is 3.89. The second kappa shape index (κ2) is 5.92. The summed E-state index contributed by atoms with van der Waals surface area (Å²) in [6, 6.07) is 3.33. The SMILES string of the molecule is CCOC(=O)c1cc(N)cc(Cl)c1N1CC(C)C(C)C1. The van der Waals surface area contributed by atoms with Gasteiger partial charge in [0, 0.05) is 18.8 Å². The van der Waals surface area contributed by atoms with Crippen LogP contribution >= 0.6 is 11.6 Å². The zero-order valence-corrected chi connectivity index (χ0v) is 12.9. The van der Waals surface area contributed by atoms with Crippen LogP contribution in [0.15, 0.2) is 12.1 Å². The van der Waals surface area contributed by atoms with E-state index in [1.165, 1.54) is 0 Å². The molecule has 2 N–H and O–H groups in total. The highest BCUT2D eigenvalue weighted by Crippen LogP contribution is 2.37. The van der Waals surface area contributed by atoms with Crippen LogP contribution in [0.5, 0.6) is 0 Å². The summed E-state index contributed by atoms with van der Waals surface area (Å²) in [5.41, 5.74) is 7.48. The Morgan fingerprint density at radius 3 is 2.55 bits per heavy atom. The molecule has 4 nitrogen and oxygen atoms in total. The zero-order valence-electron chi connectivity index (χ0n) is 12.1. The van der Waals surface area contributed by atoms with Gasteiger partial charge in [-0.3, -0.25) is 0 Å². The zero-order chi connectivity index (χ0) is 14.9. The first-order valence-electron chi connectivity index (χ1n) is 6.95. The number of ether oxygens (including phenoxy) is 1. The molecule has 0 bridgehead atoms. The van der Waals surface area contributed by atoms with E-state index in [2.05, 4.69) is 18.7 Å². The maximum Gasteiger partial charge on any atom is 0.340 e. The average molecular weight is 297 g/mol. The van der Waals surface area contributed by atoms with Crippen LogP contribution in [0.1, 0.15) is 31.1 Å². The number of halogens is 1. The standard InChI is InChI=1S/C15H21ClN2O2/c1-4-20-15(19)12-5-11(17)6-13(16)14(12)18-7-9(2)10(3)8-18/h5-6,9-10H,4,7-8,17H2,1-3H3. The van der Waals surface area contributed by atoms with Gasteiger partial charge in [-0.1, -0.05) is 25.4 Å². The molecule has 110 valence electrons. The second-order valence-corrected chi connectivity index (χ2v) is 5.89. The van der Waals surface area contributed by atoms with Gasteiger partial charge in [0.25, 0.3) is 0 Å². The Hall–Kier alpha value is -1.42. The van der Waals surface area contributed by atoms with Crippen LogP contribution < -0.4 is 10.6 Å². The van der Waals surface area contributed by atoms with Crippen molar-refractivity contribution in [3.8, 4) is 0 Å². The van der Waals surface area contributed by atoms with Gasteiger partial charge < -0.3 is 15.4 Å². The molecule has 5 heteroatoms. The number of benzene rings is 1. The Morgan fingerprint density at radius 1 is 1.40 bits per heavy atom. The Balaban J connectivity index is 2.43. The number of nitrogens with zero attached hydrogens (tertiary/aromatic N) is 1. The molecule has 0 aromatic heterocycles. The molecule has 0 saturated carbocycles. The van der Waals surface area contributed by atoms with Crippen molar-refractivity contribution in [3.63, 3.8) is 0 Å². The van der Waals surface area contributed by atoms with Gasteiger partial charge in [0.2, 0.25) is 0 Å². The van der Waals surface area contributed by atoms with Crippen LogP contribution in [-0.4, -0.2) is 25.7 Å². The minimum absolute atomic E-state index is 0.331. The molecule has 20 heavy (non-hydrogen) atoms. The highest BCUT2D eigenvalue weighted by Gasteiger charge is 2.30. The summed E-state index contributed by atoms with van der Waals surface area (Å²) in [5.74, 6) is 0.765. The molecule has 1 heterocycles. The van der Waals surface area contributed by atoms with Crippen molar-refractivity contribution in [2.45, 2.75) is 20.8 Å². The van der Waals surface area contributed by atoms with Crippen LogP contribution in [0.4, 0.5) is 11.4 Å². The van der Waals surface area contributed by atoms with Gasteiger partial charge in [0.15, 0.2) is 0 Å². The molecule has 2 rings (SSSR count). The molecule has 0 spiro atoms. The number of nitrogens with two attached hydrogens (primary N) is 1. The number of carbonyl (C=O) groups excluding carboxylic acids is 1. The maximum absolute atomic E-state index is 12.1. The van der Waals surface area contributed by atoms with Crippen molar-refractivity contribution in [2.75, 3.05) is 30.3 Å². The van der Waals surface area contributed by atoms with E-state index in [-0.39, 0.29) is 5.97 Å². The summed E-state index contributed by atoms with van der Waals surface area (Å²) in [6.45, 7) is 8.30. The minimum Gasteiger partial charge on any atom is -0.462 e. The summed E-state index contributed by atoms with van der Waals surface area (Å²) in [6.07, 6.45) is 0. The number of hydrogen-bond donors (Lipinski definition) is 1. The largest absolute Gasteiger partial charge is 0.462 e. The number of anilines is 2. The first kappa shape index (κ1) is 15.0. The Kier molecular flexibility index (Phi) is 4.43. The van der Waals surface area contributed by atoms with Gasteiger partial charge in [-0.25, -0.2) is 4.79 Å². The lowest BCUT2D eigenvalue weighted by atomic mass is 10.0. The van der Waals surface area contributed by atoms with E-state index in [1.54, 1.807) is 19.1 Å². The monoisotopic (exact) mass is 296 g/mol. The molecule has 0 amide bonds. The van der Waals surface area contributed by atoms with E-state index in [1.807, 2.05) is 0 Å². The molecule has 2 atom stereocenters. The van der Waals surface area contributed by atoms with E-state index in [0.29, 0.717) is 34.7 Å². The predicted molar refractivity (Wildman–Crippen MR) is 82.4 cm³/mol. The summed E-state index contributed by atoms with van der Waals surface area (Å²) < 4.78 is 5.11. The number of hydrogen-bond acceptors (Lipinski definition) is 4. The molecule has 2 unspecified atom stereocenters. The molecule has 0 aliphatic carbocycles. The quantitative estimate of drug-likeness (QED) is 0.687.